The molecule has 0 aliphatic carbocycles. The predicted octanol–water partition coefficient (Wildman–Crippen LogP) is 8.40. The van der Waals surface area contributed by atoms with Crippen LogP contribution in [-0.4, -0.2) is 73.4 Å². The Morgan fingerprint density at radius 3 is 1.82 bits per heavy atom. The van der Waals surface area contributed by atoms with Gasteiger partial charge in [0, 0.05) is 6.42 Å². The molecule has 0 heterocycles. The van der Waals surface area contributed by atoms with Crippen LogP contribution in [0.25, 0.3) is 0 Å². The fourth-order valence-corrected chi connectivity index (χ4v) is 5.22. The van der Waals surface area contributed by atoms with E-state index in [4.69, 9.17) is 9.05 Å². The minimum absolute atomic E-state index is 0.0534. The standard InChI is InChI=1S/C35H67N2O6P/c1-6-8-10-12-14-15-16-17-18-19-20-21-22-23-24-26-28-34(38)33(36-35(39)29-27-25-13-11-9-7-2)32-43-44(40,41)42-31-30-37(3,4)5/h17-18,21-22,26,28,33-34,38H,6-16,19-20,23-25,27,29-32H2,1-5H3,(H-,36,39,40,41)/p+1/b18-17+,22-21+,28-26+. The summed E-state index contributed by atoms with van der Waals surface area (Å²) in [7, 11) is 1.54. The number of amides is 1. The average Bonchev–Trinajstić information content (AvgIpc) is 2.95. The lowest BCUT2D eigenvalue weighted by atomic mass is 10.1. The maximum Gasteiger partial charge on any atom is 0.472 e. The van der Waals surface area contributed by atoms with Gasteiger partial charge in [0.2, 0.25) is 5.91 Å². The van der Waals surface area contributed by atoms with Crippen molar-refractivity contribution in [3.05, 3.63) is 36.5 Å². The highest BCUT2D eigenvalue weighted by Gasteiger charge is 2.27. The molecule has 1 amide bonds. The van der Waals surface area contributed by atoms with E-state index in [1.807, 2.05) is 27.2 Å². The largest absolute Gasteiger partial charge is 0.472 e. The maximum atomic E-state index is 12.6. The molecule has 0 spiro atoms. The van der Waals surface area contributed by atoms with E-state index in [2.05, 4.69) is 43.5 Å². The number of phosphoric acid groups is 1. The van der Waals surface area contributed by atoms with Crippen molar-refractivity contribution in [1.29, 1.82) is 0 Å². The van der Waals surface area contributed by atoms with Crippen LogP contribution < -0.4 is 5.32 Å². The van der Waals surface area contributed by atoms with Crippen LogP contribution in [0.2, 0.25) is 0 Å². The number of quaternary nitrogens is 1. The molecule has 9 heteroatoms. The molecular weight excluding hydrogens is 575 g/mol. The van der Waals surface area contributed by atoms with Gasteiger partial charge in [-0.25, -0.2) is 4.57 Å². The summed E-state index contributed by atoms with van der Waals surface area (Å²) in [5, 5.41) is 13.6. The molecule has 3 N–H and O–H groups in total. The summed E-state index contributed by atoms with van der Waals surface area (Å²) in [6, 6.07) is -0.861. The summed E-state index contributed by atoms with van der Waals surface area (Å²) in [6.45, 7) is 4.67. The summed E-state index contributed by atoms with van der Waals surface area (Å²) < 4.78 is 23.3. The molecule has 0 aromatic carbocycles. The van der Waals surface area contributed by atoms with Crippen molar-refractivity contribution >= 4 is 13.7 Å². The monoisotopic (exact) mass is 643 g/mol. The first-order chi connectivity index (χ1) is 21.0. The van der Waals surface area contributed by atoms with Crippen LogP contribution in [-0.2, 0) is 18.4 Å². The third kappa shape index (κ3) is 29.4. The van der Waals surface area contributed by atoms with Crippen LogP contribution >= 0.6 is 7.82 Å². The molecule has 0 saturated heterocycles. The lowest BCUT2D eigenvalue weighted by molar-refractivity contribution is -0.870. The van der Waals surface area contributed by atoms with Crippen molar-refractivity contribution in [2.24, 2.45) is 0 Å². The smallest absolute Gasteiger partial charge is 0.387 e. The van der Waals surface area contributed by atoms with Crippen molar-refractivity contribution in [2.45, 2.75) is 142 Å². The quantitative estimate of drug-likeness (QED) is 0.0314. The Balaban J connectivity index is 4.61. The predicted molar refractivity (Wildman–Crippen MR) is 184 cm³/mol. The Bertz CT molecular complexity index is 825. The first-order valence-electron chi connectivity index (χ1n) is 17.4. The lowest BCUT2D eigenvalue weighted by Crippen LogP contribution is -2.45. The van der Waals surface area contributed by atoms with E-state index in [0.29, 0.717) is 17.4 Å². The number of nitrogens with one attached hydrogen (secondary N) is 1. The minimum Gasteiger partial charge on any atom is -0.387 e. The Kier molecular flexibility index (Phi) is 27.2. The normalized spacial score (nSPS) is 15.3. The third-order valence-electron chi connectivity index (χ3n) is 7.34. The minimum atomic E-state index is -4.33. The molecular formula is C35H68N2O6P+. The number of aliphatic hydroxyl groups excluding tert-OH is 1. The number of hydrogen-bond acceptors (Lipinski definition) is 5. The van der Waals surface area contributed by atoms with E-state index in [1.54, 1.807) is 6.08 Å². The van der Waals surface area contributed by atoms with Crippen LogP contribution in [0.5, 0.6) is 0 Å². The molecule has 0 radical (unpaired) electrons. The van der Waals surface area contributed by atoms with E-state index in [9.17, 15) is 19.4 Å². The molecule has 0 rings (SSSR count). The molecule has 258 valence electrons. The number of unbranched alkanes of at least 4 members (excludes halogenated alkanes) is 13. The summed E-state index contributed by atoms with van der Waals surface area (Å²) >= 11 is 0. The van der Waals surface area contributed by atoms with Gasteiger partial charge in [-0.05, 0) is 44.9 Å². The Morgan fingerprint density at radius 2 is 1.25 bits per heavy atom. The van der Waals surface area contributed by atoms with Crippen LogP contribution in [0.3, 0.4) is 0 Å². The molecule has 3 atom stereocenters. The number of aliphatic hydroxyl groups is 1. The first kappa shape index (κ1) is 42.7. The topological polar surface area (TPSA) is 105 Å². The summed E-state index contributed by atoms with van der Waals surface area (Å²) in [4.78, 5) is 22.7. The zero-order chi connectivity index (χ0) is 32.9. The van der Waals surface area contributed by atoms with Gasteiger partial charge in [-0.3, -0.25) is 13.8 Å². The molecule has 8 nitrogen and oxygen atoms in total. The van der Waals surface area contributed by atoms with Crippen molar-refractivity contribution in [3.63, 3.8) is 0 Å². The number of allylic oxidation sites excluding steroid dienone is 5. The van der Waals surface area contributed by atoms with Crippen LogP contribution in [0, 0.1) is 0 Å². The molecule has 0 aromatic rings. The zero-order valence-corrected chi connectivity index (χ0v) is 29.8. The Morgan fingerprint density at radius 1 is 0.750 bits per heavy atom. The Hall–Kier alpha value is -1.28. The number of rotatable bonds is 30. The van der Waals surface area contributed by atoms with Gasteiger partial charge in [0.15, 0.2) is 0 Å². The number of nitrogens with zero attached hydrogens (tertiary/aromatic N) is 1. The van der Waals surface area contributed by atoms with E-state index in [1.165, 1.54) is 64.2 Å². The second kappa shape index (κ2) is 28.0. The molecule has 0 aliphatic heterocycles. The van der Waals surface area contributed by atoms with E-state index >= 15 is 0 Å². The van der Waals surface area contributed by atoms with Gasteiger partial charge in [-0.1, -0.05) is 115 Å². The van der Waals surface area contributed by atoms with Gasteiger partial charge < -0.3 is 19.8 Å². The SMILES string of the molecule is CCCCCCCC/C=C/CC/C=C/CC/C=C/C(O)C(COP(=O)(O)OCC[N+](C)(C)C)NC(=O)CCCCCCCC. The van der Waals surface area contributed by atoms with Gasteiger partial charge in [0.25, 0.3) is 0 Å². The fourth-order valence-electron chi connectivity index (χ4n) is 4.48. The molecule has 0 saturated carbocycles. The fraction of sp³-hybridized carbons (Fsp3) is 0.800. The van der Waals surface area contributed by atoms with E-state index in [-0.39, 0.29) is 19.1 Å². The third-order valence-corrected chi connectivity index (χ3v) is 8.32. The second-order valence-electron chi connectivity index (χ2n) is 12.9. The molecule has 3 unspecified atom stereocenters. The summed E-state index contributed by atoms with van der Waals surface area (Å²) in [6.07, 6.45) is 30.9. The number of phosphoric ester groups is 1. The van der Waals surface area contributed by atoms with E-state index in [0.717, 1.165) is 44.9 Å². The summed E-state index contributed by atoms with van der Waals surface area (Å²) in [5.41, 5.74) is 0. The Labute approximate surface area is 270 Å². The van der Waals surface area contributed by atoms with Crippen LogP contribution in [0.1, 0.15) is 129 Å². The zero-order valence-electron chi connectivity index (χ0n) is 28.9. The van der Waals surface area contributed by atoms with Gasteiger partial charge in [-0.2, -0.15) is 0 Å². The second-order valence-corrected chi connectivity index (χ2v) is 14.3. The van der Waals surface area contributed by atoms with Crippen molar-refractivity contribution in [3.8, 4) is 0 Å². The van der Waals surface area contributed by atoms with Gasteiger partial charge in [-0.15, -0.1) is 0 Å². The van der Waals surface area contributed by atoms with Crippen molar-refractivity contribution in [1.82, 2.24) is 5.32 Å². The molecule has 44 heavy (non-hydrogen) atoms. The average molecular weight is 644 g/mol. The number of carbonyl (C=O) groups excluding carboxylic acids is 1. The van der Waals surface area contributed by atoms with Crippen molar-refractivity contribution < 1.29 is 32.9 Å². The van der Waals surface area contributed by atoms with Crippen LogP contribution in [0.4, 0.5) is 0 Å². The highest BCUT2D eigenvalue weighted by atomic mass is 31.2. The number of carbonyl (C=O) groups is 1. The van der Waals surface area contributed by atoms with Gasteiger partial charge in [0.05, 0.1) is 39.9 Å². The number of likely N-dealkylation sites (N-methyl/N-ethyl adjacent to an activating group) is 1. The highest BCUT2D eigenvalue weighted by molar-refractivity contribution is 7.47. The molecule has 0 fully saturated rings. The molecule has 0 aromatic heterocycles. The maximum absolute atomic E-state index is 12.6. The lowest BCUT2D eigenvalue weighted by Gasteiger charge is -2.25. The highest BCUT2D eigenvalue weighted by Crippen LogP contribution is 2.43. The van der Waals surface area contributed by atoms with Crippen molar-refractivity contribution in [2.75, 3.05) is 40.9 Å². The molecule has 0 bridgehead atoms. The van der Waals surface area contributed by atoms with Crippen LogP contribution in [0.15, 0.2) is 36.5 Å². The number of hydrogen-bond donors (Lipinski definition) is 3. The summed E-state index contributed by atoms with van der Waals surface area (Å²) in [5.74, 6) is -0.204. The molecule has 0 aliphatic rings. The first-order valence-corrected chi connectivity index (χ1v) is 18.9. The van der Waals surface area contributed by atoms with Gasteiger partial charge in [0.1, 0.15) is 13.2 Å². The van der Waals surface area contributed by atoms with E-state index < -0.39 is 20.0 Å². The van der Waals surface area contributed by atoms with Gasteiger partial charge >= 0.3 is 7.82 Å².